The van der Waals surface area contributed by atoms with Crippen LogP contribution < -0.4 is 19.1 Å². The Balaban J connectivity index is 1.22. The Morgan fingerprint density at radius 2 is 1.76 bits per heavy atom. The Bertz CT molecular complexity index is 1580. The zero-order chi connectivity index (χ0) is 27.9. The summed E-state index contributed by atoms with van der Waals surface area (Å²) in [4.78, 5) is 20.3. The maximum atomic E-state index is 13.9. The lowest BCUT2D eigenvalue weighted by Crippen LogP contribution is -2.49. The van der Waals surface area contributed by atoms with Crippen molar-refractivity contribution in [3.05, 3.63) is 83.2 Å². The van der Waals surface area contributed by atoms with E-state index in [-0.39, 0.29) is 18.7 Å². The molecular formula is C30H31N7O4. The number of piperazine rings is 1. The van der Waals surface area contributed by atoms with Gasteiger partial charge in [0.05, 0.1) is 18.4 Å². The van der Waals surface area contributed by atoms with Crippen molar-refractivity contribution in [3.8, 4) is 22.9 Å². The van der Waals surface area contributed by atoms with Crippen LogP contribution in [-0.2, 0) is 6.42 Å². The van der Waals surface area contributed by atoms with Crippen LogP contribution in [0.1, 0.15) is 33.4 Å². The molecule has 0 N–H and O–H groups in total. The van der Waals surface area contributed by atoms with Gasteiger partial charge in [0.25, 0.3) is 5.91 Å². The third-order valence-corrected chi connectivity index (χ3v) is 8.18. The van der Waals surface area contributed by atoms with E-state index in [1.807, 2.05) is 60.5 Å². The predicted molar refractivity (Wildman–Crippen MR) is 151 cm³/mol. The molecule has 3 aliphatic heterocycles. The van der Waals surface area contributed by atoms with Gasteiger partial charge >= 0.3 is 0 Å². The number of benzene rings is 3. The molecule has 1 saturated heterocycles. The number of carbonyl (C=O) groups excluding carboxylic acids is 1. The fourth-order valence-corrected chi connectivity index (χ4v) is 6.11. The zero-order valence-electron chi connectivity index (χ0n) is 23.1. The molecule has 0 aliphatic carbocycles. The average molecular weight is 554 g/mol. The van der Waals surface area contributed by atoms with Crippen molar-refractivity contribution < 1.29 is 19.0 Å². The molecule has 1 amide bonds. The van der Waals surface area contributed by atoms with Crippen LogP contribution in [-0.4, -0.2) is 89.6 Å². The third-order valence-electron chi connectivity index (χ3n) is 8.18. The van der Waals surface area contributed by atoms with E-state index in [1.54, 1.807) is 11.8 Å². The van der Waals surface area contributed by atoms with Gasteiger partial charge in [-0.3, -0.25) is 9.69 Å². The molecule has 0 saturated carbocycles. The molecule has 7 rings (SSSR count). The molecule has 3 aromatic carbocycles. The maximum Gasteiger partial charge on any atom is 0.256 e. The highest BCUT2D eigenvalue weighted by Gasteiger charge is 2.38. The van der Waals surface area contributed by atoms with Crippen LogP contribution in [0.25, 0.3) is 5.69 Å². The summed E-state index contributed by atoms with van der Waals surface area (Å²) in [5.74, 6) is 2.47. The Morgan fingerprint density at radius 3 is 2.56 bits per heavy atom. The normalized spacial score (nSPS) is 18.3. The van der Waals surface area contributed by atoms with E-state index in [4.69, 9.17) is 14.2 Å². The van der Waals surface area contributed by atoms with Crippen molar-refractivity contribution in [3.63, 3.8) is 0 Å². The summed E-state index contributed by atoms with van der Waals surface area (Å²) in [6.45, 7) is 3.75. The first kappa shape index (κ1) is 25.3. The maximum absolute atomic E-state index is 13.9. The van der Waals surface area contributed by atoms with E-state index in [1.165, 1.54) is 5.69 Å². The first-order chi connectivity index (χ1) is 20.1. The van der Waals surface area contributed by atoms with Crippen LogP contribution in [0.4, 0.5) is 5.69 Å². The number of tetrazole rings is 1. The zero-order valence-corrected chi connectivity index (χ0v) is 23.1. The number of nitrogens with zero attached hydrogens (tertiary/aromatic N) is 7. The van der Waals surface area contributed by atoms with Gasteiger partial charge in [-0.1, -0.05) is 30.3 Å². The standard InChI is InChI=1S/C30H31N7O4/c1-34-13-12-20-18-24-27(41-19-40-24)28(39-2)25(20)26(34)29-31-32-33-37(29)23-11-7-6-10-22(23)30(38)36-16-14-35(15-17-36)21-8-4-3-5-9-21/h3-11,18,26H,12-17,19H2,1-2H3/t26-/m1/s1. The number of methoxy groups -OCH3 is 1. The van der Waals surface area contributed by atoms with Gasteiger partial charge in [0.15, 0.2) is 17.3 Å². The van der Waals surface area contributed by atoms with E-state index in [0.717, 1.165) is 37.2 Å². The molecule has 1 atom stereocenters. The highest BCUT2D eigenvalue weighted by atomic mass is 16.7. The largest absolute Gasteiger partial charge is 0.492 e. The summed E-state index contributed by atoms with van der Waals surface area (Å²) in [7, 11) is 3.68. The highest BCUT2D eigenvalue weighted by Crippen LogP contribution is 2.50. The SMILES string of the molecule is COc1c2c(cc3c1[C@H](c1nnnn1-c1ccccc1C(=O)N1CCN(c4ccccc4)CC1)N(C)CC3)OCO2. The Labute approximate surface area is 237 Å². The summed E-state index contributed by atoms with van der Waals surface area (Å²) < 4.78 is 19.0. The number of ether oxygens (including phenoxy) is 3. The van der Waals surface area contributed by atoms with E-state index in [0.29, 0.717) is 47.4 Å². The lowest BCUT2D eigenvalue weighted by Gasteiger charge is -2.36. The number of rotatable bonds is 5. The molecule has 1 fully saturated rings. The number of fused-ring (bicyclic) bond motifs is 2. The van der Waals surface area contributed by atoms with Gasteiger partial charge in [0.1, 0.15) is 6.04 Å². The molecule has 210 valence electrons. The number of likely N-dealkylation sites (N-methyl/N-ethyl adjacent to an activating group) is 1. The molecule has 1 aromatic heterocycles. The predicted octanol–water partition coefficient (Wildman–Crippen LogP) is 2.94. The second-order valence-corrected chi connectivity index (χ2v) is 10.4. The second kappa shape index (κ2) is 10.4. The monoisotopic (exact) mass is 553 g/mol. The number of hydrogen-bond acceptors (Lipinski definition) is 9. The van der Waals surface area contributed by atoms with Crippen LogP contribution in [0.15, 0.2) is 60.7 Å². The van der Waals surface area contributed by atoms with Crippen LogP contribution >= 0.6 is 0 Å². The van der Waals surface area contributed by atoms with Gasteiger partial charge in [0, 0.05) is 44.0 Å². The van der Waals surface area contributed by atoms with Gasteiger partial charge in [0.2, 0.25) is 12.5 Å². The summed E-state index contributed by atoms with van der Waals surface area (Å²) in [5, 5.41) is 13.0. The number of hydrogen-bond donors (Lipinski definition) is 0. The van der Waals surface area contributed by atoms with Crippen molar-refractivity contribution in [2.45, 2.75) is 12.5 Å². The van der Waals surface area contributed by atoms with Crippen molar-refractivity contribution >= 4 is 11.6 Å². The molecular weight excluding hydrogens is 522 g/mol. The highest BCUT2D eigenvalue weighted by molar-refractivity contribution is 5.98. The first-order valence-electron chi connectivity index (χ1n) is 13.8. The van der Waals surface area contributed by atoms with Crippen LogP contribution in [0.2, 0.25) is 0 Å². The number of amides is 1. The summed E-state index contributed by atoms with van der Waals surface area (Å²) in [5.41, 5.74) is 4.42. The average Bonchev–Trinajstić information content (AvgIpc) is 3.70. The first-order valence-corrected chi connectivity index (χ1v) is 13.8. The van der Waals surface area contributed by atoms with E-state index < -0.39 is 0 Å². The summed E-state index contributed by atoms with van der Waals surface area (Å²) >= 11 is 0. The number of anilines is 1. The minimum absolute atomic E-state index is 0.0342. The molecule has 11 heteroatoms. The van der Waals surface area contributed by atoms with Crippen molar-refractivity contribution in [1.82, 2.24) is 30.0 Å². The van der Waals surface area contributed by atoms with Crippen LogP contribution in [0, 0.1) is 0 Å². The molecule has 0 radical (unpaired) electrons. The number of carbonyl (C=O) groups is 1. The smallest absolute Gasteiger partial charge is 0.256 e. The van der Waals surface area contributed by atoms with Gasteiger partial charge in [-0.15, -0.1) is 5.10 Å². The Morgan fingerprint density at radius 1 is 0.976 bits per heavy atom. The second-order valence-electron chi connectivity index (χ2n) is 10.4. The van der Waals surface area contributed by atoms with Gasteiger partial charge in [-0.2, -0.15) is 4.68 Å². The van der Waals surface area contributed by atoms with E-state index in [9.17, 15) is 4.79 Å². The number of para-hydroxylation sites is 2. The molecule has 11 nitrogen and oxygen atoms in total. The molecule has 4 aromatic rings. The molecule has 3 aliphatic rings. The molecule has 0 spiro atoms. The van der Waals surface area contributed by atoms with Gasteiger partial charge in [-0.25, -0.2) is 0 Å². The summed E-state index contributed by atoms with van der Waals surface area (Å²) in [6.07, 6.45) is 0.820. The Kier molecular flexibility index (Phi) is 6.43. The van der Waals surface area contributed by atoms with Gasteiger partial charge < -0.3 is 24.0 Å². The molecule has 0 bridgehead atoms. The van der Waals surface area contributed by atoms with Crippen molar-refractivity contribution in [2.75, 3.05) is 58.6 Å². The minimum Gasteiger partial charge on any atom is -0.492 e. The molecule has 0 unspecified atom stereocenters. The molecule has 41 heavy (non-hydrogen) atoms. The topological polar surface area (TPSA) is 98.1 Å². The van der Waals surface area contributed by atoms with Crippen LogP contribution in [0.5, 0.6) is 17.2 Å². The van der Waals surface area contributed by atoms with Crippen molar-refractivity contribution in [2.24, 2.45) is 0 Å². The van der Waals surface area contributed by atoms with E-state index in [2.05, 4.69) is 37.5 Å². The minimum atomic E-state index is -0.323. The van der Waals surface area contributed by atoms with Gasteiger partial charge in [-0.05, 0) is 59.8 Å². The van der Waals surface area contributed by atoms with Crippen molar-refractivity contribution in [1.29, 1.82) is 0 Å². The fourth-order valence-electron chi connectivity index (χ4n) is 6.11. The van der Waals surface area contributed by atoms with Crippen LogP contribution in [0.3, 0.4) is 0 Å². The lowest BCUT2D eigenvalue weighted by atomic mass is 9.90. The molecule has 4 heterocycles. The fraction of sp³-hybridized carbons (Fsp3) is 0.333. The summed E-state index contributed by atoms with van der Waals surface area (Å²) in [6, 6.07) is 19.5. The Hall–Kier alpha value is -4.64. The van der Waals surface area contributed by atoms with E-state index >= 15 is 0 Å². The number of aromatic nitrogens is 4. The lowest BCUT2D eigenvalue weighted by molar-refractivity contribution is 0.0746. The third kappa shape index (κ3) is 4.33. The quantitative estimate of drug-likeness (QED) is 0.370.